The summed E-state index contributed by atoms with van der Waals surface area (Å²) in [6.45, 7) is 4.98. The van der Waals surface area contributed by atoms with Crippen LogP contribution in [0.5, 0.6) is 5.75 Å². The number of para-hydroxylation sites is 1. The van der Waals surface area contributed by atoms with Crippen LogP contribution in [0.15, 0.2) is 30.3 Å². The number of hydrogen-bond donors (Lipinski definition) is 2. The molecule has 0 fully saturated rings. The van der Waals surface area contributed by atoms with E-state index in [9.17, 15) is 0 Å². The molecule has 1 unspecified atom stereocenters. The SMILES string of the molecule is CCn1nc(C)cc1CC(Cc1ccccc1OC)NN. The quantitative estimate of drug-likeness (QED) is 0.603. The van der Waals surface area contributed by atoms with Gasteiger partial charge in [-0.1, -0.05) is 18.2 Å². The number of nitrogens with zero attached hydrogens (tertiary/aromatic N) is 2. The molecule has 2 rings (SSSR count). The molecule has 0 saturated heterocycles. The zero-order valence-corrected chi connectivity index (χ0v) is 13.0. The van der Waals surface area contributed by atoms with Crippen molar-refractivity contribution in [3.05, 3.63) is 47.3 Å². The van der Waals surface area contributed by atoms with Crippen molar-refractivity contribution in [2.45, 2.75) is 39.3 Å². The van der Waals surface area contributed by atoms with Gasteiger partial charge in [0.15, 0.2) is 0 Å². The monoisotopic (exact) mass is 288 g/mol. The maximum atomic E-state index is 5.74. The van der Waals surface area contributed by atoms with Crippen molar-refractivity contribution in [1.29, 1.82) is 0 Å². The van der Waals surface area contributed by atoms with Crippen LogP contribution in [0.4, 0.5) is 0 Å². The minimum absolute atomic E-state index is 0.141. The lowest BCUT2D eigenvalue weighted by Crippen LogP contribution is -2.39. The second-order valence-electron chi connectivity index (χ2n) is 5.18. The van der Waals surface area contributed by atoms with Gasteiger partial charge in [-0.25, -0.2) is 0 Å². The minimum atomic E-state index is 0.141. The van der Waals surface area contributed by atoms with Crippen LogP contribution in [0.25, 0.3) is 0 Å². The first kappa shape index (κ1) is 15.5. The summed E-state index contributed by atoms with van der Waals surface area (Å²) < 4.78 is 7.43. The van der Waals surface area contributed by atoms with Crippen molar-refractivity contribution in [3.63, 3.8) is 0 Å². The van der Waals surface area contributed by atoms with E-state index in [1.807, 2.05) is 29.8 Å². The van der Waals surface area contributed by atoms with Crippen molar-refractivity contribution in [2.24, 2.45) is 5.84 Å². The summed E-state index contributed by atoms with van der Waals surface area (Å²) in [6.07, 6.45) is 1.65. The molecule has 0 spiro atoms. The molecule has 1 aromatic carbocycles. The van der Waals surface area contributed by atoms with Crippen LogP contribution in [-0.2, 0) is 19.4 Å². The largest absolute Gasteiger partial charge is 0.496 e. The third-order valence-electron chi connectivity index (χ3n) is 3.64. The number of aryl methyl sites for hydroxylation is 2. The van der Waals surface area contributed by atoms with Crippen molar-refractivity contribution >= 4 is 0 Å². The molecule has 0 amide bonds. The van der Waals surface area contributed by atoms with E-state index in [1.54, 1.807) is 7.11 Å². The molecule has 114 valence electrons. The van der Waals surface area contributed by atoms with Gasteiger partial charge in [0.2, 0.25) is 0 Å². The molecule has 0 saturated carbocycles. The summed E-state index contributed by atoms with van der Waals surface area (Å²) >= 11 is 0. The first-order valence-electron chi connectivity index (χ1n) is 7.29. The number of aromatic nitrogens is 2. The number of benzene rings is 1. The molecule has 0 aliphatic rings. The van der Waals surface area contributed by atoms with Gasteiger partial charge >= 0.3 is 0 Å². The number of nitrogens with one attached hydrogen (secondary N) is 1. The Labute approximate surface area is 126 Å². The van der Waals surface area contributed by atoms with E-state index in [4.69, 9.17) is 10.6 Å². The third kappa shape index (κ3) is 3.83. The van der Waals surface area contributed by atoms with Gasteiger partial charge in [0.25, 0.3) is 0 Å². The molecule has 1 atom stereocenters. The molecule has 3 N–H and O–H groups in total. The normalized spacial score (nSPS) is 12.4. The van der Waals surface area contributed by atoms with Gasteiger partial charge in [-0.15, -0.1) is 0 Å². The number of methoxy groups -OCH3 is 1. The van der Waals surface area contributed by atoms with E-state index in [0.29, 0.717) is 0 Å². The van der Waals surface area contributed by atoms with Gasteiger partial charge in [0, 0.05) is 24.7 Å². The van der Waals surface area contributed by atoms with Crippen LogP contribution >= 0.6 is 0 Å². The second kappa shape index (κ2) is 7.24. The summed E-state index contributed by atoms with van der Waals surface area (Å²) in [7, 11) is 1.69. The number of ether oxygens (including phenoxy) is 1. The first-order chi connectivity index (χ1) is 10.2. The van der Waals surface area contributed by atoms with Crippen molar-refractivity contribution in [2.75, 3.05) is 7.11 Å². The van der Waals surface area contributed by atoms with Gasteiger partial charge in [-0.05, 0) is 38.0 Å². The van der Waals surface area contributed by atoms with Gasteiger partial charge in [0.05, 0.1) is 12.8 Å². The molecule has 5 nitrogen and oxygen atoms in total. The summed E-state index contributed by atoms with van der Waals surface area (Å²) in [5, 5.41) is 4.48. The maximum absolute atomic E-state index is 5.74. The molecule has 0 aliphatic carbocycles. The Morgan fingerprint density at radius 2 is 2.10 bits per heavy atom. The van der Waals surface area contributed by atoms with Crippen molar-refractivity contribution in [3.8, 4) is 5.75 Å². The highest BCUT2D eigenvalue weighted by Gasteiger charge is 2.14. The highest BCUT2D eigenvalue weighted by molar-refractivity contribution is 5.34. The average molecular weight is 288 g/mol. The predicted octanol–water partition coefficient (Wildman–Crippen LogP) is 1.84. The lowest BCUT2D eigenvalue weighted by Gasteiger charge is -2.18. The van der Waals surface area contributed by atoms with E-state index in [2.05, 4.69) is 29.6 Å². The molecule has 0 bridgehead atoms. The Morgan fingerprint density at radius 3 is 2.76 bits per heavy atom. The summed E-state index contributed by atoms with van der Waals surface area (Å²) in [6, 6.07) is 10.3. The van der Waals surface area contributed by atoms with Crippen LogP contribution in [-0.4, -0.2) is 22.9 Å². The van der Waals surface area contributed by atoms with E-state index in [0.717, 1.165) is 36.4 Å². The fourth-order valence-electron chi connectivity index (χ4n) is 2.62. The fourth-order valence-corrected chi connectivity index (χ4v) is 2.62. The fraction of sp³-hybridized carbons (Fsp3) is 0.438. The molecule has 21 heavy (non-hydrogen) atoms. The van der Waals surface area contributed by atoms with Crippen LogP contribution in [0.2, 0.25) is 0 Å². The molecule has 0 radical (unpaired) electrons. The Kier molecular flexibility index (Phi) is 5.36. The standard InChI is InChI=1S/C16H24N4O/c1-4-20-15(9-12(2)19-20)11-14(18-17)10-13-7-5-6-8-16(13)21-3/h5-9,14,18H,4,10-11,17H2,1-3H3. The molecule has 5 heteroatoms. The number of nitrogens with two attached hydrogens (primary N) is 1. The number of rotatable bonds is 7. The summed E-state index contributed by atoms with van der Waals surface area (Å²) in [5.74, 6) is 6.64. The first-order valence-corrected chi connectivity index (χ1v) is 7.29. The second-order valence-corrected chi connectivity index (χ2v) is 5.18. The predicted molar refractivity (Wildman–Crippen MR) is 84.2 cm³/mol. The zero-order chi connectivity index (χ0) is 15.2. The molecule has 1 aromatic heterocycles. The highest BCUT2D eigenvalue weighted by Crippen LogP contribution is 2.20. The Balaban J connectivity index is 2.13. The van der Waals surface area contributed by atoms with Gasteiger partial charge < -0.3 is 4.74 Å². The smallest absolute Gasteiger partial charge is 0.122 e. The van der Waals surface area contributed by atoms with Gasteiger partial charge in [0.1, 0.15) is 5.75 Å². The molecule has 0 aliphatic heterocycles. The number of hydrazine groups is 1. The summed E-state index contributed by atoms with van der Waals surface area (Å²) in [4.78, 5) is 0. The molecule has 1 heterocycles. The topological polar surface area (TPSA) is 65.1 Å². The minimum Gasteiger partial charge on any atom is -0.496 e. The molecular weight excluding hydrogens is 264 g/mol. The lowest BCUT2D eigenvalue weighted by molar-refractivity contribution is 0.404. The molecule has 2 aromatic rings. The Morgan fingerprint density at radius 1 is 1.33 bits per heavy atom. The Hall–Kier alpha value is -1.85. The third-order valence-corrected chi connectivity index (χ3v) is 3.64. The van der Waals surface area contributed by atoms with Crippen LogP contribution in [0.3, 0.4) is 0 Å². The van der Waals surface area contributed by atoms with E-state index in [1.165, 1.54) is 5.69 Å². The van der Waals surface area contributed by atoms with Crippen LogP contribution in [0, 0.1) is 6.92 Å². The van der Waals surface area contributed by atoms with Crippen LogP contribution < -0.4 is 16.0 Å². The summed E-state index contributed by atoms with van der Waals surface area (Å²) in [5.41, 5.74) is 6.31. The zero-order valence-electron chi connectivity index (χ0n) is 13.0. The number of hydrogen-bond acceptors (Lipinski definition) is 4. The van der Waals surface area contributed by atoms with Gasteiger partial charge in [-0.3, -0.25) is 16.0 Å². The van der Waals surface area contributed by atoms with Gasteiger partial charge in [-0.2, -0.15) is 5.10 Å². The van der Waals surface area contributed by atoms with Crippen molar-refractivity contribution < 1.29 is 4.74 Å². The van der Waals surface area contributed by atoms with E-state index >= 15 is 0 Å². The maximum Gasteiger partial charge on any atom is 0.122 e. The molecular formula is C16H24N4O. The van der Waals surface area contributed by atoms with E-state index in [-0.39, 0.29) is 6.04 Å². The highest BCUT2D eigenvalue weighted by atomic mass is 16.5. The van der Waals surface area contributed by atoms with E-state index < -0.39 is 0 Å². The lowest BCUT2D eigenvalue weighted by atomic mass is 10.0. The average Bonchev–Trinajstić information content (AvgIpc) is 2.86. The van der Waals surface area contributed by atoms with Crippen molar-refractivity contribution in [1.82, 2.24) is 15.2 Å². The Bertz CT molecular complexity index is 579. The van der Waals surface area contributed by atoms with Crippen LogP contribution in [0.1, 0.15) is 23.9 Å².